The molecule has 0 fully saturated rings. The SMILES string of the molecule is O=[N+]([O-])c1ccccc1OS(=O)(=O)c1ccc2c(c1)CCO2. The van der Waals surface area contributed by atoms with E-state index in [1.54, 1.807) is 6.07 Å². The number of ether oxygens (including phenoxy) is 1. The number of hydrogen-bond acceptors (Lipinski definition) is 6. The normalized spacial score (nSPS) is 13.3. The molecule has 0 aliphatic carbocycles. The standard InChI is InChI=1S/C14H11NO6S/c16-15(17)12-3-1-2-4-14(12)21-22(18,19)11-5-6-13-10(9-11)7-8-20-13/h1-6,9H,7-8H2. The Kier molecular flexibility index (Phi) is 3.45. The Bertz CT molecular complexity index is 846. The van der Waals surface area contributed by atoms with E-state index in [-0.39, 0.29) is 10.6 Å². The summed E-state index contributed by atoms with van der Waals surface area (Å²) in [4.78, 5) is 10.2. The number of para-hydroxylation sites is 2. The molecule has 0 saturated carbocycles. The minimum atomic E-state index is -4.15. The van der Waals surface area contributed by atoms with E-state index in [0.29, 0.717) is 18.8 Å². The number of hydrogen-bond donors (Lipinski definition) is 0. The fourth-order valence-corrected chi connectivity index (χ4v) is 3.16. The van der Waals surface area contributed by atoms with Gasteiger partial charge in [0.25, 0.3) is 0 Å². The van der Waals surface area contributed by atoms with Gasteiger partial charge in [-0.1, -0.05) is 12.1 Å². The Morgan fingerprint density at radius 2 is 1.95 bits per heavy atom. The third kappa shape index (κ3) is 2.60. The highest BCUT2D eigenvalue weighted by atomic mass is 32.2. The molecule has 0 bridgehead atoms. The Morgan fingerprint density at radius 3 is 2.73 bits per heavy atom. The lowest BCUT2D eigenvalue weighted by molar-refractivity contribution is -0.385. The Balaban J connectivity index is 1.96. The largest absolute Gasteiger partial charge is 0.493 e. The number of fused-ring (bicyclic) bond motifs is 1. The average Bonchev–Trinajstić information content (AvgIpc) is 2.94. The van der Waals surface area contributed by atoms with Gasteiger partial charge in [0.05, 0.1) is 11.5 Å². The molecular formula is C14H11NO6S. The van der Waals surface area contributed by atoms with Crippen molar-refractivity contribution in [3.05, 3.63) is 58.1 Å². The van der Waals surface area contributed by atoms with Gasteiger partial charge in [-0.05, 0) is 29.8 Å². The second kappa shape index (κ2) is 5.30. The minimum Gasteiger partial charge on any atom is -0.493 e. The van der Waals surface area contributed by atoms with Gasteiger partial charge in [0.1, 0.15) is 10.6 Å². The molecule has 0 amide bonds. The maximum atomic E-state index is 12.3. The van der Waals surface area contributed by atoms with E-state index < -0.39 is 20.7 Å². The van der Waals surface area contributed by atoms with E-state index in [1.807, 2.05) is 0 Å². The molecule has 1 aliphatic rings. The predicted octanol–water partition coefficient (Wildman–Crippen LogP) is 2.30. The van der Waals surface area contributed by atoms with Gasteiger partial charge in [-0.3, -0.25) is 10.1 Å². The number of benzene rings is 2. The van der Waals surface area contributed by atoms with Gasteiger partial charge >= 0.3 is 15.8 Å². The first kappa shape index (κ1) is 14.3. The molecule has 1 aliphatic heterocycles. The number of rotatable bonds is 4. The highest BCUT2D eigenvalue weighted by molar-refractivity contribution is 7.87. The van der Waals surface area contributed by atoms with Crippen LogP contribution in [-0.2, 0) is 16.5 Å². The molecule has 3 rings (SSSR count). The zero-order chi connectivity index (χ0) is 15.7. The smallest absolute Gasteiger partial charge is 0.339 e. The molecule has 0 unspecified atom stereocenters. The van der Waals surface area contributed by atoms with Gasteiger partial charge in [0.15, 0.2) is 0 Å². The van der Waals surface area contributed by atoms with Crippen molar-refractivity contribution in [3.63, 3.8) is 0 Å². The quantitative estimate of drug-likeness (QED) is 0.487. The van der Waals surface area contributed by atoms with Crippen molar-refractivity contribution in [2.75, 3.05) is 6.61 Å². The van der Waals surface area contributed by atoms with Crippen LogP contribution in [0.5, 0.6) is 11.5 Å². The van der Waals surface area contributed by atoms with Crippen LogP contribution in [-0.4, -0.2) is 19.9 Å². The van der Waals surface area contributed by atoms with Gasteiger partial charge in [0, 0.05) is 12.5 Å². The number of nitro benzene ring substituents is 1. The van der Waals surface area contributed by atoms with Crippen molar-refractivity contribution < 1.29 is 22.3 Å². The molecule has 114 valence electrons. The zero-order valence-corrected chi connectivity index (χ0v) is 12.1. The molecule has 0 saturated heterocycles. The van der Waals surface area contributed by atoms with E-state index >= 15 is 0 Å². The molecule has 0 aromatic heterocycles. The van der Waals surface area contributed by atoms with Crippen LogP contribution in [0.15, 0.2) is 47.4 Å². The van der Waals surface area contributed by atoms with Crippen LogP contribution in [0.2, 0.25) is 0 Å². The first-order valence-electron chi connectivity index (χ1n) is 6.41. The van der Waals surface area contributed by atoms with E-state index in [4.69, 9.17) is 8.92 Å². The highest BCUT2D eigenvalue weighted by Crippen LogP contribution is 2.31. The zero-order valence-electron chi connectivity index (χ0n) is 11.3. The molecular weight excluding hydrogens is 310 g/mol. The van der Waals surface area contributed by atoms with E-state index in [1.165, 1.54) is 36.4 Å². The third-order valence-corrected chi connectivity index (χ3v) is 4.44. The molecule has 1 heterocycles. The van der Waals surface area contributed by atoms with Crippen molar-refractivity contribution in [2.45, 2.75) is 11.3 Å². The summed E-state index contributed by atoms with van der Waals surface area (Å²) in [7, 11) is -4.15. The maximum Gasteiger partial charge on any atom is 0.339 e. The van der Waals surface area contributed by atoms with Crippen LogP contribution >= 0.6 is 0 Å². The predicted molar refractivity (Wildman–Crippen MR) is 76.6 cm³/mol. The first-order chi connectivity index (χ1) is 10.5. The summed E-state index contributed by atoms with van der Waals surface area (Å²) in [5, 5.41) is 10.9. The molecule has 0 N–H and O–H groups in total. The molecule has 0 spiro atoms. The summed E-state index contributed by atoms with van der Waals surface area (Å²) in [6.45, 7) is 0.504. The fraction of sp³-hybridized carbons (Fsp3) is 0.143. The lowest BCUT2D eigenvalue weighted by atomic mass is 10.2. The monoisotopic (exact) mass is 321 g/mol. The minimum absolute atomic E-state index is 0.0603. The Hall–Kier alpha value is -2.61. The summed E-state index contributed by atoms with van der Waals surface area (Å²) in [6.07, 6.45) is 0.615. The van der Waals surface area contributed by atoms with Gasteiger partial charge in [-0.25, -0.2) is 0 Å². The van der Waals surface area contributed by atoms with Crippen LogP contribution in [0.3, 0.4) is 0 Å². The van der Waals surface area contributed by atoms with Crippen molar-refractivity contribution in [1.29, 1.82) is 0 Å². The highest BCUT2D eigenvalue weighted by Gasteiger charge is 2.24. The lowest BCUT2D eigenvalue weighted by Gasteiger charge is -2.08. The van der Waals surface area contributed by atoms with E-state index in [0.717, 1.165) is 5.56 Å². The molecule has 7 nitrogen and oxygen atoms in total. The maximum absolute atomic E-state index is 12.3. The van der Waals surface area contributed by atoms with Crippen LogP contribution < -0.4 is 8.92 Å². The summed E-state index contributed by atoms with van der Waals surface area (Å²) in [5.41, 5.74) is 0.364. The number of nitrogens with zero attached hydrogens (tertiary/aromatic N) is 1. The van der Waals surface area contributed by atoms with Gasteiger partial charge < -0.3 is 8.92 Å². The van der Waals surface area contributed by atoms with Crippen LogP contribution in [0.4, 0.5) is 5.69 Å². The van der Waals surface area contributed by atoms with E-state index in [2.05, 4.69) is 0 Å². The second-order valence-corrected chi connectivity index (χ2v) is 6.18. The summed E-state index contributed by atoms with van der Waals surface area (Å²) in [6, 6.07) is 9.70. The summed E-state index contributed by atoms with van der Waals surface area (Å²) >= 11 is 0. The van der Waals surface area contributed by atoms with Crippen molar-refractivity contribution >= 4 is 15.8 Å². The average molecular weight is 321 g/mol. The van der Waals surface area contributed by atoms with E-state index in [9.17, 15) is 18.5 Å². The second-order valence-electron chi connectivity index (χ2n) is 4.63. The lowest BCUT2D eigenvalue weighted by Crippen LogP contribution is -2.11. The van der Waals surface area contributed by atoms with Gasteiger partial charge in [0.2, 0.25) is 5.75 Å². The van der Waals surface area contributed by atoms with Gasteiger partial charge in [-0.2, -0.15) is 8.42 Å². The Labute approximate surface area is 126 Å². The van der Waals surface area contributed by atoms with Crippen molar-refractivity contribution in [1.82, 2.24) is 0 Å². The Morgan fingerprint density at radius 1 is 1.18 bits per heavy atom. The van der Waals surface area contributed by atoms with Crippen molar-refractivity contribution in [3.8, 4) is 11.5 Å². The third-order valence-electron chi connectivity index (χ3n) is 3.21. The molecule has 22 heavy (non-hydrogen) atoms. The first-order valence-corrected chi connectivity index (χ1v) is 7.82. The molecule has 8 heteroatoms. The summed E-state index contributed by atoms with van der Waals surface area (Å²) in [5.74, 6) is 0.328. The molecule has 0 radical (unpaired) electrons. The topological polar surface area (TPSA) is 95.7 Å². The van der Waals surface area contributed by atoms with Crippen LogP contribution in [0.25, 0.3) is 0 Å². The van der Waals surface area contributed by atoms with Crippen LogP contribution in [0.1, 0.15) is 5.56 Å². The van der Waals surface area contributed by atoms with Crippen LogP contribution in [0, 0.1) is 10.1 Å². The van der Waals surface area contributed by atoms with Gasteiger partial charge in [-0.15, -0.1) is 0 Å². The molecule has 2 aromatic rings. The van der Waals surface area contributed by atoms with Crippen molar-refractivity contribution in [2.24, 2.45) is 0 Å². The fourth-order valence-electron chi connectivity index (χ4n) is 2.16. The number of nitro groups is 1. The summed E-state index contributed by atoms with van der Waals surface area (Å²) < 4.78 is 34.8. The molecule has 2 aromatic carbocycles. The molecule has 0 atom stereocenters.